The molecule has 0 saturated carbocycles. The van der Waals surface area contributed by atoms with Crippen molar-refractivity contribution in [2.24, 2.45) is 0 Å². The lowest BCUT2D eigenvalue weighted by atomic mass is 10.2. The van der Waals surface area contributed by atoms with E-state index in [1.54, 1.807) is 0 Å². The molecule has 4 nitrogen and oxygen atoms in total. The monoisotopic (exact) mass is 222 g/mol. The van der Waals surface area contributed by atoms with Crippen molar-refractivity contribution in [3.63, 3.8) is 0 Å². The second-order valence-electron chi connectivity index (χ2n) is 4.90. The fourth-order valence-corrected chi connectivity index (χ4v) is 2.08. The largest absolute Gasteiger partial charge is 0.314 e. The zero-order valence-corrected chi connectivity index (χ0v) is 10.5. The highest BCUT2D eigenvalue weighted by atomic mass is 15.3. The Bertz CT molecular complexity index is 332. The van der Waals surface area contributed by atoms with Gasteiger partial charge in [0.1, 0.15) is 0 Å². The number of nitrogens with zero attached hydrogens (tertiary/aromatic N) is 3. The molecule has 1 aromatic rings. The van der Waals surface area contributed by atoms with Gasteiger partial charge >= 0.3 is 0 Å². The minimum Gasteiger partial charge on any atom is -0.314 e. The second kappa shape index (κ2) is 4.97. The molecule has 1 atom stereocenters. The molecular formula is C12H22N4. The van der Waals surface area contributed by atoms with E-state index < -0.39 is 0 Å². The summed E-state index contributed by atoms with van der Waals surface area (Å²) in [4.78, 5) is 2.49. The van der Waals surface area contributed by atoms with Gasteiger partial charge in [-0.2, -0.15) is 5.10 Å². The lowest BCUT2D eigenvalue weighted by Gasteiger charge is -2.33. The third-order valence-corrected chi connectivity index (χ3v) is 3.20. The van der Waals surface area contributed by atoms with Crippen LogP contribution in [0.25, 0.3) is 0 Å². The van der Waals surface area contributed by atoms with Crippen LogP contribution in [-0.4, -0.2) is 40.4 Å². The fraction of sp³-hybridized carbons (Fsp3) is 0.750. The van der Waals surface area contributed by atoms with Crippen LogP contribution in [0.3, 0.4) is 0 Å². The summed E-state index contributed by atoms with van der Waals surface area (Å²) in [5.41, 5.74) is 1.18. The number of rotatable bonds is 3. The maximum Gasteiger partial charge on any atom is 0.0765 e. The highest BCUT2D eigenvalue weighted by Gasteiger charge is 2.18. The Morgan fingerprint density at radius 3 is 3.00 bits per heavy atom. The summed E-state index contributed by atoms with van der Waals surface area (Å²) in [6.07, 6.45) is 2.08. The molecule has 1 N–H and O–H groups in total. The summed E-state index contributed by atoms with van der Waals surface area (Å²) in [5.74, 6) is 0. The first kappa shape index (κ1) is 11.6. The molecule has 1 aromatic heterocycles. The molecule has 2 rings (SSSR count). The Morgan fingerprint density at radius 1 is 1.56 bits per heavy atom. The lowest BCUT2D eigenvalue weighted by molar-refractivity contribution is 0.163. The summed E-state index contributed by atoms with van der Waals surface area (Å²) in [7, 11) is 0. The zero-order valence-electron chi connectivity index (χ0n) is 10.5. The zero-order chi connectivity index (χ0) is 11.5. The fourth-order valence-electron chi connectivity index (χ4n) is 2.08. The van der Waals surface area contributed by atoms with E-state index in [4.69, 9.17) is 0 Å². The summed E-state index contributed by atoms with van der Waals surface area (Å²) >= 11 is 0. The van der Waals surface area contributed by atoms with E-state index in [2.05, 4.69) is 48.3 Å². The minimum atomic E-state index is 0.453. The molecule has 1 aliphatic rings. The molecule has 1 saturated heterocycles. The SMILES string of the molecule is CC(C)n1ccc(CN2CCNC[C@H]2C)n1. The smallest absolute Gasteiger partial charge is 0.0765 e. The maximum atomic E-state index is 4.59. The normalized spacial score (nSPS) is 22.9. The van der Waals surface area contributed by atoms with Crippen LogP contribution in [0.5, 0.6) is 0 Å². The highest BCUT2D eigenvalue weighted by Crippen LogP contribution is 2.10. The van der Waals surface area contributed by atoms with Crippen LogP contribution in [0, 0.1) is 0 Å². The van der Waals surface area contributed by atoms with E-state index in [0.29, 0.717) is 12.1 Å². The third kappa shape index (κ3) is 2.62. The molecule has 0 aromatic carbocycles. The van der Waals surface area contributed by atoms with Crippen LogP contribution in [-0.2, 0) is 6.54 Å². The van der Waals surface area contributed by atoms with Crippen molar-refractivity contribution in [3.05, 3.63) is 18.0 Å². The average molecular weight is 222 g/mol. The van der Waals surface area contributed by atoms with Crippen molar-refractivity contribution >= 4 is 0 Å². The number of aromatic nitrogens is 2. The van der Waals surface area contributed by atoms with E-state index in [1.807, 2.05) is 4.68 Å². The van der Waals surface area contributed by atoms with Crippen LogP contribution in [0.1, 0.15) is 32.5 Å². The topological polar surface area (TPSA) is 33.1 Å². The van der Waals surface area contributed by atoms with Gasteiger partial charge in [0.25, 0.3) is 0 Å². The Balaban J connectivity index is 1.97. The number of nitrogens with one attached hydrogen (secondary N) is 1. The van der Waals surface area contributed by atoms with E-state index in [1.165, 1.54) is 5.69 Å². The molecule has 90 valence electrons. The van der Waals surface area contributed by atoms with E-state index >= 15 is 0 Å². The van der Waals surface area contributed by atoms with E-state index in [-0.39, 0.29) is 0 Å². The van der Waals surface area contributed by atoms with Gasteiger partial charge < -0.3 is 5.32 Å². The summed E-state index contributed by atoms with van der Waals surface area (Å²) in [6, 6.07) is 3.20. The van der Waals surface area contributed by atoms with Gasteiger partial charge in [-0.05, 0) is 26.8 Å². The van der Waals surface area contributed by atoms with Gasteiger partial charge in [-0.3, -0.25) is 9.58 Å². The van der Waals surface area contributed by atoms with Gasteiger partial charge in [0.15, 0.2) is 0 Å². The van der Waals surface area contributed by atoms with Crippen molar-refractivity contribution in [3.8, 4) is 0 Å². The molecule has 2 heterocycles. The van der Waals surface area contributed by atoms with Crippen LogP contribution in [0.4, 0.5) is 0 Å². The molecule has 0 aliphatic carbocycles. The Labute approximate surface area is 97.6 Å². The molecule has 0 bridgehead atoms. The highest BCUT2D eigenvalue weighted by molar-refractivity contribution is 5.00. The van der Waals surface area contributed by atoms with E-state index in [9.17, 15) is 0 Å². The molecule has 4 heteroatoms. The molecule has 1 aliphatic heterocycles. The van der Waals surface area contributed by atoms with Gasteiger partial charge in [-0.1, -0.05) is 0 Å². The third-order valence-electron chi connectivity index (χ3n) is 3.20. The van der Waals surface area contributed by atoms with Gasteiger partial charge in [-0.25, -0.2) is 0 Å². The van der Waals surface area contributed by atoms with Gasteiger partial charge in [0.05, 0.1) is 5.69 Å². The van der Waals surface area contributed by atoms with Crippen LogP contribution < -0.4 is 5.32 Å². The average Bonchev–Trinajstić information content (AvgIpc) is 2.70. The first-order valence-electron chi connectivity index (χ1n) is 6.15. The maximum absolute atomic E-state index is 4.59. The first-order valence-corrected chi connectivity index (χ1v) is 6.15. The van der Waals surface area contributed by atoms with Crippen molar-refractivity contribution in [1.29, 1.82) is 0 Å². The Kier molecular flexibility index (Phi) is 3.61. The molecule has 1 fully saturated rings. The first-order chi connectivity index (χ1) is 7.66. The van der Waals surface area contributed by atoms with Crippen LogP contribution in [0.15, 0.2) is 12.3 Å². The molecule has 0 amide bonds. The van der Waals surface area contributed by atoms with Crippen molar-refractivity contribution < 1.29 is 0 Å². The standard InChI is InChI=1S/C12H22N4/c1-10(2)16-6-4-12(14-16)9-15-7-5-13-8-11(15)3/h4,6,10-11,13H,5,7-9H2,1-3H3/t11-/m1/s1. The van der Waals surface area contributed by atoms with Crippen LogP contribution in [0.2, 0.25) is 0 Å². The van der Waals surface area contributed by atoms with Crippen molar-refractivity contribution in [2.45, 2.75) is 39.4 Å². The lowest BCUT2D eigenvalue weighted by Crippen LogP contribution is -2.49. The number of hydrogen-bond donors (Lipinski definition) is 1. The summed E-state index contributed by atoms with van der Waals surface area (Å²) < 4.78 is 2.03. The van der Waals surface area contributed by atoms with Gasteiger partial charge in [0, 0.05) is 44.5 Å². The van der Waals surface area contributed by atoms with Crippen molar-refractivity contribution in [1.82, 2.24) is 20.0 Å². The summed E-state index contributed by atoms with van der Waals surface area (Å²) in [6.45, 7) is 10.9. The Hall–Kier alpha value is -0.870. The molecular weight excluding hydrogens is 200 g/mol. The predicted molar refractivity (Wildman–Crippen MR) is 65.4 cm³/mol. The molecule has 16 heavy (non-hydrogen) atoms. The van der Waals surface area contributed by atoms with Crippen molar-refractivity contribution in [2.75, 3.05) is 19.6 Å². The predicted octanol–water partition coefficient (Wildman–Crippen LogP) is 1.26. The number of hydrogen-bond acceptors (Lipinski definition) is 3. The molecule has 0 radical (unpaired) electrons. The Morgan fingerprint density at radius 2 is 2.38 bits per heavy atom. The minimum absolute atomic E-state index is 0.453. The number of piperazine rings is 1. The van der Waals surface area contributed by atoms with E-state index in [0.717, 1.165) is 26.2 Å². The van der Waals surface area contributed by atoms with Crippen LogP contribution >= 0.6 is 0 Å². The van der Waals surface area contributed by atoms with Gasteiger partial charge in [0.2, 0.25) is 0 Å². The second-order valence-corrected chi connectivity index (χ2v) is 4.90. The quantitative estimate of drug-likeness (QED) is 0.836. The molecule has 0 unspecified atom stereocenters. The van der Waals surface area contributed by atoms with Gasteiger partial charge in [-0.15, -0.1) is 0 Å². The summed E-state index contributed by atoms with van der Waals surface area (Å²) in [5, 5.41) is 8.00. The molecule has 0 spiro atoms.